The molecule has 2 aliphatic carbocycles. The summed E-state index contributed by atoms with van der Waals surface area (Å²) in [6.45, 7) is 8.11. The number of nitrogens with two attached hydrogens (primary N) is 3. The molecule has 7 atom stereocenters. The Morgan fingerprint density at radius 1 is 1.01 bits per heavy atom. The lowest BCUT2D eigenvalue weighted by Crippen LogP contribution is -2.42. The Morgan fingerprint density at radius 2 is 1.76 bits per heavy atom. The van der Waals surface area contributed by atoms with Gasteiger partial charge in [-0.05, 0) is 103 Å². The molecule has 2 aliphatic heterocycles. The molecule has 1 spiro atoms. The fraction of sp³-hybridized carbons (Fsp3) is 0.491. The van der Waals surface area contributed by atoms with Gasteiger partial charge in [-0.1, -0.05) is 30.6 Å². The minimum absolute atomic E-state index is 0.0250. The summed E-state index contributed by atoms with van der Waals surface area (Å²) in [6, 6.07) is 4.21. The Kier molecular flexibility index (Phi) is 17.2. The molecule has 22 nitrogen and oxygen atoms in total. The van der Waals surface area contributed by atoms with Gasteiger partial charge in [-0.3, -0.25) is 14.6 Å². The minimum atomic E-state index is -1.67. The number of likely N-dealkylation sites (tertiary alicyclic amines) is 1. The van der Waals surface area contributed by atoms with E-state index in [-0.39, 0.29) is 70.8 Å². The minimum Gasteiger partial charge on any atom is -0.397 e. The van der Waals surface area contributed by atoms with Gasteiger partial charge in [-0.2, -0.15) is 10.5 Å². The van der Waals surface area contributed by atoms with Crippen LogP contribution in [0.4, 0.5) is 21.6 Å². The molecule has 0 bridgehead atoms. The zero-order chi connectivity index (χ0) is 58.1. The van der Waals surface area contributed by atoms with Crippen molar-refractivity contribution in [1.29, 1.82) is 21.3 Å². The molecule has 25 heteroatoms. The molecule has 430 valence electrons. The zero-order valence-electron chi connectivity index (χ0n) is 47.3. The number of rotatable bonds is 20. The largest absolute Gasteiger partial charge is 0.397 e. The summed E-state index contributed by atoms with van der Waals surface area (Å²) in [5.74, 6) is 1.82. The molecule has 1 saturated heterocycles. The number of hydrogen-bond donors (Lipinski definition) is 8. The van der Waals surface area contributed by atoms with Crippen molar-refractivity contribution in [2.24, 2.45) is 10.7 Å². The SMILES string of the molecule is CCCc1sc(N)c(C#N)c1C1CCCc2c(-c3nc(NCC4CCCN4C)c(C(=N)/C(N)=C/C=NC)c(C(C)CC(NC)[C@H](C)Nc4nc(-c5noc6c5COCC65CCCc6sc(N)c(C#N)c65)nc(S(C)=O)c4C=N)n3)noc21. The smallest absolute Gasteiger partial charge is 0.185 e. The lowest BCUT2D eigenvalue weighted by Gasteiger charge is -2.38. The molecule has 0 radical (unpaired) electrons. The van der Waals surface area contributed by atoms with E-state index in [0.717, 1.165) is 90.6 Å². The van der Waals surface area contributed by atoms with Crippen LogP contribution >= 0.6 is 22.7 Å². The Balaban J connectivity index is 1.03. The van der Waals surface area contributed by atoms with Gasteiger partial charge in [0.2, 0.25) is 0 Å². The van der Waals surface area contributed by atoms with Gasteiger partial charge < -0.3 is 57.2 Å². The number of nitrogen functional groups attached to an aromatic ring is 2. The second-order valence-corrected chi connectivity index (χ2v) is 25.3. The molecule has 82 heavy (non-hydrogen) atoms. The van der Waals surface area contributed by atoms with Crippen LogP contribution in [0.25, 0.3) is 23.0 Å². The number of ether oxygens (including phenoxy) is 1. The number of allylic oxidation sites excluding steroid dienone is 2. The summed E-state index contributed by atoms with van der Waals surface area (Å²) in [6.07, 6.45) is 14.5. The first-order valence-electron chi connectivity index (χ1n) is 27.8. The van der Waals surface area contributed by atoms with E-state index >= 15 is 0 Å². The van der Waals surface area contributed by atoms with E-state index in [4.69, 9.17) is 61.5 Å². The number of hydrogen-bond acceptors (Lipinski definition) is 24. The number of nitrogens with one attached hydrogen (secondary N) is 5. The summed E-state index contributed by atoms with van der Waals surface area (Å²) in [5, 5.41) is 60.1. The first-order chi connectivity index (χ1) is 39.6. The van der Waals surface area contributed by atoms with Crippen LogP contribution in [0.3, 0.4) is 0 Å². The van der Waals surface area contributed by atoms with Crippen molar-refractivity contribution >= 4 is 73.3 Å². The Morgan fingerprint density at radius 3 is 2.46 bits per heavy atom. The summed E-state index contributed by atoms with van der Waals surface area (Å²) in [4.78, 5) is 28.9. The van der Waals surface area contributed by atoms with Gasteiger partial charge in [0.25, 0.3) is 0 Å². The third kappa shape index (κ3) is 10.5. The lowest BCUT2D eigenvalue weighted by atomic mass is 9.68. The zero-order valence-corrected chi connectivity index (χ0v) is 49.7. The maximum absolute atomic E-state index is 13.6. The van der Waals surface area contributed by atoms with E-state index in [1.165, 1.54) is 28.9 Å². The molecule has 1 fully saturated rings. The molecule has 0 saturated carbocycles. The average molecular weight is 1170 g/mol. The molecular weight excluding hydrogens is 1100 g/mol. The van der Waals surface area contributed by atoms with Crippen molar-refractivity contribution in [2.75, 3.05) is 69.2 Å². The first kappa shape index (κ1) is 58.0. The highest BCUT2D eigenvalue weighted by Crippen LogP contribution is 2.53. The molecule has 4 aliphatic rings. The van der Waals surface area contributed by atoms with E-state index in [9.17, 15) is 20.1 Å². The highest BCUT2D eigenvalue weighted by Gasteiger charge is 2.50. The standard InChI is InChI=1S/C57H70N18O4S3/c1-8-12-39-41(33(22-58)50(63)80-39)31-14-9-15-32-46(73-78-48(31)32)54-69-45(42(44(62)37(61)17-19-65-4)53(71-54)67-25-30-13-11-20-75(30)6)28(2)21-38(66-5)29(3)68-52-35(24-60)56(82(7)76)72-55(70-52)47-36-26-77-27-57(49(36)79-74-47)18-10-16-40-43(57)34(23-59)51(64)81-40/h17,19,24,28-31,38,60,62,66H,8-16,18,20-21,25-27,61,63-64H2,1-7H3,(H,67,69,71)(H,68,70,72)/b37-17-,60-24?,62-44?,65-19?/t28?,29-,30?,31?,38?,57?,82?/m0/s1. The Hall–Kier alpha value is -7.26. The van der Waals surface area contributed by atoms with Crippen molar-refractivity contribution in [3.8, 4) is 35.2 Å². The maximum Gasteiger partial charge on any atom is 0.185 e. The van der Waals surface area contributed by atoms with E-state index in [0.29, 0.717) is 98.3 Å². The number of aryl methyl sites for hydroxylation is 2. The van der Waals surface area contributed by atoms with Gasteiger partial charge in [-0.15, -0.1) is 22.7 Å². The van der Waals surface area contributed by atoms with Gasteiger partial charge >= 0.3 is 0 Å². The van der Waals surface area contributed by atoms with Crippen molar-refractivity contribution in [2.45, 2.75) is 138 Å². The van der Waals surface area contributed by atoms with Crippen molar-refractivity contribution in [3.05, 3.63) is 83.2 Å². The molecule has 0 amide bonds. The van der Waals surface area contributed by atoms with Crippen LogP contribution in [-0.2, 0) is 46.8 Å². The Bertz CT molecular complexity index is 3620. The van der Waals surface area contributed by atoms with Crippen LogP contribution < -0.4 is 33.2 Å². The molecule has 10 rings (SSSR count). The number of aromatic nitrogens is 6. The molecular formula is C57H70N18O4S3. The van der Waals surface area contributed by atoms with E-state index < -0.39 is 22.3 Å². The van der Waals surface area contributed by atoms with Crippen LogP contribution in [0.15, 0.2) is 30.8 Å². The van der Waals surface area contributed by atoms with Crippen LogP contribution in [0, 0.1) is 33.5 Å². The number of aliphatic imine (C=N–C) groups is 1. The summed E-state index contributed by atoms with van der Waals surface area (Å²) in [5.41, 5.74) is 25.3. The van der Waals surface area contributed by atoms with Crippen LogP contribution in [-0.4, -0.2) is 123 Å². The predicted octanol–water partition coefficient (Wildman–Crippen LogP) is 7.92. The van der Waals surface area contributed by atoms with E-state index in [1.807, 2.05) is 14.0 Å². The molecule has 8 heterocycles. The third-order valence-corrected chi connectivity index (χ3v) is 19.7. The van der Waals surface area contributed by atoms with Crippen molar-refractivity contribution in [1.82, 2.24) is 40.5 Å². The van der Waals surface area contributed by atoms with Crippen LogP contribution in [0.2, 0.25) is 0 Å². The molecule has 11 N–H and O–H groups in total. The quantitative estimate of drug-likeness (QED) is 0.0266. The van der Waals surface area contributed by atoms with Gasteiger partial charge in [0, 0.05) is 83.1 Å². The molecule has 6 unspecified atom stereocenters. The topological polar surface area (TPSA) is 355 Å². The molecule has 0 aromatic carbocycles. The molecule has 6 aromatic rings. The lowest BCUT2D eigenvalue weighted by molar-refractivity contribution is 0.0459. The second kappa shape index (κ2) is 24.3. The monoisotopic (exact) mass is 1170 g/mol. The number of fused-ring (bicyclic) bond motifs is 5. The number of thiophene rings is 2. The van der Waals surface area contributed by atoms with E-state index in [1.54, 1.807) is 19.3 Å². The predicted molar refractivity (Wildman–Crippen MR) is 321 cm³/mol. The van der Waals surface area contributed by atoms with Gasteiger partial charge in [0.1, 0.15) is 44.6 Å². The highest BCUT2D eigenvalue weighted by atomic mass is 32.2. The van der Waals surface area contributed by atoms with Crippen molar-refractivity contribution in [3.63, 3.8) is 0 Å². The second-order valence-electron chi connectivity index (χ2n) is 21.8. The third-order valence-electron chi connectivity index (χ3n) is 16.7. The van der Waals surface area contributed by atoms with Crippen molar-refractivity contribution < 1.29 is 18.0 Å². The summed E-state index contributed by atoms with van der Waals surface area (Å²) >= 11 is 2.90. The van der Waals surface area contributed by atoms with Crippen LogP contribution in [0.1, 0.15) is 155 Å². The normalized spacial score (nSPS) is 20.4. The fourth-order valence-corrected chi connectivity index (χ4v) is 15.6. The summed E-state index contributed by atoms with van der Waals surface area (Å²) in [7, 11) is 3.95. The summed E-state index contributed by atoms with van der Waals surface area (Å²) < 4.78 is 32.5. The van der Waals surface area contributed by atoms with Gasteiger partial charge in [0.15, 0.2) is 28.8 Å². The van der Waals surface area contributed by atoms with Crippen LogP contribution in [0.5, 0.6) is 0 Å². The number of anilines is 4. The highest BCUT2D eigenvalue weighted by molar-refractivity contribution is 7.84. The van der Waals surface area contributed by atoms with E-state index in [2.05, 4.69) is 64.0 Å². The first-order valence-corrected chi connectivity index (χ1v) is 31.0. The molecule has 6 aromatic heterocycles. The average Bonchev–Trinajstić information content (AvgIpc) is 2.49. The van der Waals surface area contributed by atoms with Gasteiger partial charge in [0.05, 0.1) is 74.3 Å². The number of nitrogens with zero attached hydrogens (tertiary/aromatic N) is 10. The Labute approximate surface area is 487 Å². The number of likely N-dealkylation sites (N-methyl/N-ethyl adjacent to an activating group) is 2. The maximum atomic E-state index is 13.6. The van der Waals surface area contributed by atoms with Gasteiger partial charge in [-0.25, -0.2) is 19.9 Å². The number of nitriles is 2. The fourth-order valence-electron chi connectivity index (χ4n) is 12.6.